The minimum absolute atomic E-state index is 0.0627. The number of amides is 1. The summed E-state index contributed by atoms with van der Waals surface area (Å²) in [5, 5.41) is 2.81. The summed E-state index contributed by atoms with van der Waals surface area (Å²) in [6, 6.07) is 14.7. The van der Waals surface area contributed by atoms with Crippen LogP contribution in [0.25, 0.3) is 0 Å². The SMILES string of the molecule is COC(=O)c1ccc(OCC(=O)NCCSc2ccc(C)cc2)cc1. The largest absolute Gasteiger partial charge is 0.484 e. The smallest absolute Gasteiger partial charge is 0.337 e. The van der Waals surface area contributed by atoms with Crippen LogP contribution in [0.15, 0.2) is 53.4 Å². The first-order valence-corrected chi connectivity index (χ1v) is 8.84. The predicted octanol–water partition coefficient (Wildman–Crippen LogP) is 3.07. The molecule has 1 amide bonds. The van der Waals surface area contributed by atoms with Crippen LogP contribution in [-0.2, 0) is 9.53 Å². The number of nitrogens with one attached hydrogen (secondary N) is 1. The molecule has 0 heterocycles. The zero-order chi connectivity index (χ0) is 18.1. The topological polar surface area (TPSA) is 64.6 Å². The monoisotopic (exact) mass is 359 g/mol. The lowest BCUT2D eigenvalue weighted by atomic mass is 10.2. The van der Waals surface area contributed by atoms with E-state index in [1.165, 1.54) is 17.6 Å². The summed E-state index contributed by atoms with van der Waals surface area (Å²) in [5.74, 6) is 0.733. The first-order chi connectivity index (χ1) is 12.1. The quantitative estimate of drug-likeness (QED) is 0.446. The lowest BCUT2D eigenvalue weighted by molar-refractivity contribution is -0.122. The minimum atomic E-state index is -0.407. The molecule has 0 atom stereocenters. The molecule has 2 aromatic carbocycles. The molecule has 132 valence electrons. The number of ether oxygens (including phenoxy) is 2. The Kier molecular flexibility index (Phi) is 7.35. The summed E-state index contributed by atoms with van der Waals surface area (Å²) in [5.41, 5.74) is 1.67. The number of rotatable bonds is 8. The van der Waals surface area contributed by atoms with Gasteiger partial charge in [0.25, 0.3) is 5.91 Å². The number of aryl methyl sites for hydroxylation is 1. The van der Waals surface area contributed by atoms with Crippen LogP contribution in [0.5, 0.6) is 5.75 Å². The van der Waals surface area contributed by atoms with Crippen LogP contribution in [0.3, 0.4) is 0 Å². The molecule has 2 aromatic rings. The molecule has 0 aliphatic rings. The third-order valence-electron chi connectivity index (χ3n) is 3.36. The normalized spacial score (nSPS) is 10.2. The van der Waals surface area contributed by atoms with Crippen LogP contribution in [0.2, 0.25) is 0 Å². The van der Waals surface area contributed by atoms with Gasteiger partial charge in [0.2, 0.25) is 0 Å². The van der Waals surface area contributed by atoms with Crippen molar-refractivity contribution in [2.45, 2.75) is 11.8 Å². The van der Waals surface area contributed by atoms with Gasteiger partial charge in [-0.25, -0.2) is 4.79 Å². The summed E-state index contributed by atoms with van der Waals surface area (Å²) in [6.07, 6.45) is 0. The number of methoxy groups -OCH3 is 1. The Morgan fingerprint density at radius 3 is 2.36 bits per heavy atom. The van der Waals surface area contributed by atoms with Crippen molar-refractivity contribution in [1.82, 2.24) is 5.32 Å². The van der Waals surface area contributed by atoms with Crippen molar-refractivity contribution in [3.8, 4) is 5.75 Å². The fraction of sp³-hybridized carbons (Fsp3) is 0.263. The third-order valence-corrected chi connectivity index (χ3v) is 4.37. The molecular weight excluding hydrogens is 338 g/mol. The first kappa shape index (κ1) is 18.9. The summed E-state index contributed by atoms with van der Waals surface area (Å²) in [6.45, 7) is 2.56. The molecule has 25 heavy (non-hydrogen) atoms. The molecule has 2 rings (SSSR count). The summed E-state index contributed by atoms with van der Waals surface area (Å²) in [4.78, 5) is 24.3. The van der Waals surface area contributed by atoms with Gasteiger partial charge in [-0.1, -0.05) is 17.7 Å². The molecule has 0 bridgehead atoms. The maximum Gasteiger partial charge on any atom is 0.337 e. The van der Waals surface area contributed by atoms with Gasteiger partial charge in [0.15, 0.2) is 6.61 Å². The van der Waals surface area contributed by atoms with E-state index in [2.05, 4.69) is 41.2 Å². The van der Waals surface area contributed by atoms with Gasteiger partial charge in [-0.15, -0.1) is 11.8 Å². The van der Waals surface area contributed by atoms with Crippen LogP contribution >= 0.6 is 11.8 Å². The maximum absolute atomic E-state index is 11.8. The van der Waals surface area contributed by atoms with Gasteiger partial charge in [0.1, 0.15) is 5.75 Å². The molecule has 5 nitrogen and oxygen atoms in total. The van der Waals surface area contributed by atoms with Gasteiger partial charge in [-0.2, -0.15) is 0 Å². The highest BCUT2D eigenvalue weighted by Crippen LogP contribution is 2.17. The summed E-state index contributed by atoms with van der Waals surface area (Å²) >= 11 is 1.69. The zero-order valence-electron chi connectivity index (χ0n) is 14.3. The molecule has 0 saturated carbocycles. The Hall–Kier alpha value is -2.47. The predicted molar refractivity (Wildman–Crippen MR) is 98.2 cm³/mol. The van der Waals surface area contributed by atoms with E-state index in [4.69, 9.17) is 4.74 Å². The summed E-state index contributed by atoms with van der Waals surface area (Å²) in [7, 11) is 1.33. The van der Waals surface area contributed by atoms with Crippen molar-refractivity contribution < 1.29 is 19.1 Å². The standard InChI is InChI=1S/C19H21NO4S/c1-14-3-9-17(10-4-14)25-12-11-20-18(21)13-24-16-7-5-15(6-8-16)19(22)23-2/h3-10H,11-13H2,1-2H3,(H,20,21). The van der Waals surface area contributed by atoms with Crippen LogP contribution in [0.4, 0.5) is 0 Å². The average Bonchev–Trinajstić information content (AvgIpc) is 2.64. The highest BCUT2D eigenvalue weighted by Gasteiger charge is 2.06. The minimum Gasteiger partial charge on any atom is -0.484 e. The van der Waals surface area contributed by atoms with Crippen LogP contribution in [-0.4, -0.2) is 37.9 Å². The molecule has 0 spiro atoms. The van der Waals surface area contributed by atoms with Gasteiger partial charge in [-0.05, 0) is 43.3 Å². The van der Waals surface area contributed by atoms with E-state index in [0.717, 1.165) is 5.75 Å². The molecule has 0 fully saturated rings. The number of hydrogen-bond acceptors (Lipinski definition) is 5. The van der Waals surface area contributed by atoms with Crippen molar-refractivity contribution in [2.24, 2.45) is 0 Å². The molecule has 0 aliphatic heterocycles. The van der Waals surface area contributed by atoms with E-state index >= 15 is 0 Å². The molecule has 0 unspecified atom stereocenters. The van der Waals surface area contributed by atoms with Crippen molar-refractivity contribution in [1.29, 1.82) is 0 Å². The Morgan fingerprint density at radius 2 is 1.72 bits per heavy atom. The van der Waals surface area contributed by atoms with Gasteiger partial charge < -0.3 is 14.8 Å². The lowest BCUT2D eigenvalue weighted by Crippen LogP contribution is -2.30. The molecular formula is C19H21NO4S. The second-order valence-electron chi connectivity index (χ2n) is 5.32. The van der Waals surface area contributed by atoms with Crippen LogP contribution in [0, 0.1) is 6.92 Å². The van der Waals surface area contributed by atoms with Crippen molar-refractivity contribution in [2.75, 3.05) is 26.0 Å². The van der Waals surface area contributed by atoms with E-state index in [-0.39, 0.29) is 12.5 Å². The Morgan fingerprint density at radius 1 is 1.04 bits per heavy atom. The fourth-order valence-electron chi connectivity index (χ4n) is 2.00. The second-order valence-corrected chi connectivity index (χ2v) is 6.48. The number of hydrogen-bond donors (Lipinski definition) is 1. The Labute approximate surface area is 151 Å². The summed E-state index contributed by atoms with van der Waals surface area (Å²) < 4.78 is 10.0. The Balaban J connectivity index is 1.65. The highest BCUT2D eigenvalue weighted by atomic mass is 32.2. The maximum atomic E-state index is 11.8. The van der Waals surface area contributed by atoms with E-state index in [9.17, 15) is 9.59 Å². The van der Waals surface area contributed by atoms with E-state index in [1.807, 2.05) is 0 Å². The molecule has 0 aromatic heterocycles. The van der Waals surface area contributed by atoms with Crippen LogP contribution < -0.4 is 10.1 Å². The molecule has 0 saturated heterocycles. The number of esters is 1. The van der Waals surface area contributed by atoms with Gasteiger partial charge in [0, 0.05) is 17.2 Å². The molecule has 0 aliphatic carbocycles. The van der Waals surface area contributed by atoms with E-state index in [0.29, 0.717) is 17.9 Å². The van der Waals surface area contributed by atoms with Gasteiger partial charge in [-0.3, -0.25) is 4.79 Å². The van der Waals surface area contributed by atoms with Crippen LogP contribution in [0.1, 0.15) is 15.9 Å². The van der Waals surface area contributed by atoms with Gasteiger partial charge >= 0.3 is 5.97 Å². The zero-order valence-corrected chi connectivity index (χ0v) is 15.1. The van der Waals surface area contributed by atoms with Crippen molar-refractivity contribution >= 4 is 23.6 Å². The average molecular weight is 359 g/mol. The lowest BCUT2D eigenvalue weighted by Gasteiger charge is -2.08. The van der Waals surface area contributed by atoms with Crippen molar-refractivity contribution in [3.05, 3.63) is 59.7 Å². The number of benzene rings is 2. The second kappa shape index (κ2) is 9.74. The molecule has 1 N–H and O–H groups in total. The van der Waals surface area contributed by atoms with E-state index < -0.39 is 5.97 Å². The number of carbonyl (C=O) groups is 2. The van der Waals surface area contributed by atoms with E-state index in [1.54, 1.807) is 36.0 Å². The number of carbonyl (C=O) groups excluding carboxylic acids is 2. The first-order valence-electron chi connectivity index (χ1n) is 7.86. The molecule has 0 radical (unpaired) electrons. The number of thioether (sulfide) groups is 1. The third kappa shape index (κ3) is 6.51. The van der Waals surface area contributed by atoms with Crippen molar-refractivity contribution in [3.63, 3.8) is 0 Å². The Bertz CT molecular complexity index is 698. The van der Waals surface area contributed by atoms with Gasteiger partial charge in [0.05, 0.1) is 12.7 Å². The molecule has 6 heteroatoms. The highest BCUT2D eigenvalue weighted by molar-refractivity contribution is 7.99. The fourth-order valence-corrected chi connectivity index (χ4v) is 2.77.